The molecule has 0 aliphatic rings. The lowest BCUT2D eigenvalue weighted by molar-refractivity contribution is -0.385. The molecule has 5 N–H and O–H groups in total. The third kappa shape index (κ3) is 28.0. The Bertz CT molecular complexity index is 5430. The van der Waals surface area contributed by atoms with E-state index in [1.807, 2.05) is 35.8 Å². The van der Waals surface area contributed by atoms with E-state index < -0.39 is 46.9 Å². The van der Waals surface area contributed by atoms with Crippen LogP contribution in [0.3, 0.4) is 0 Å². The molecule has 3 heterocycles. The molecule has 0 aliphatic heterocycles. The van der Waals surface area contributed by atoms with Crippen molar-refractivity contribution in [1.29, 1.82) is 0 Å². The topological polar surface area (TPSA) is 480 Å². The number of carbonyl (C=O) groups is 4. The highest BCUT2D eigenvalue weighted by molar-refractivity contribution is 8.24. The Morgan fingerprint density at radius 2 is 0.554 bits per heavy atom. The Hall–Kier alpha value is -12.8. The molecule has 0 bridgehead atoms. The molecule has 10 aromatic carbocycles. The quantitative estimate of drug-likeness (QED) is 0.0185. The molecule has 0 fully saturated rings. The number of nitrogens with two attached hydrogens (primary N) is 1. The fourth-order valence-electron chi connectivity index (χ4n) is 8.55. The highest BCUT2D eigenvalue weighted by atomic mass is 36.0. The van der Waals surface area contributed by atoms with Crippen LogP contribution in [0.1, 0.15) is 41.4 Å². The van der Waals surface area contributed by atoms with Crippen LogP contribution in [0.2, 0.25) is 20.1 Å². The van der Waals surface area contributed by atoms with E-state index in [4.69, 9.17) is 77.1 Å². The Morgan fingerprint density at radius 3 is 0.848 bits per heavy atom. The number of benzene rings is 10. The van der Waals surface area contributed by atoms with Crippen molar-refractivity contribution in [3.8, 4) is 68.7 Å². The minimum absolute atomic E-state index is 0.0121. The average molecular weight is 1700 g/mol. The van der Waals surface area contributed by atoms with E-state index in [-0.39, 0.29) is 68.7 Å². The number of non-ortho nitro benzene ring substituents is 5. The lowest BCUT2D eigenvalue weighted by atomic mass is 10.2. The zero-order valence-electron chi connectivity index (χ0n) is 56.0. The molecule has 0 radical (unpaired) electrons. The predicted octanol–water partition coefficient (Wildman–Crippen LogP) is 19.3. The molecule has 0 spiro atoms. The SMILES string of the molecule is NNC(=O)c1cccc(Cl)c1.O=C(Cl)c1cccc([N+](=O)[O-])c1.O=C(NNC(=O)c1cccc([N+](=O)[O-])c1)c1cccc(Cl)c1.O=P(Cl)(Cl)Cl.O=[N+]([O-])c1cccc(-c2nnc(-c3cccc(Cl)c3)o2)c1.O=[N+]([O-])c1cccc(-c2nnc(-c3cccc(Cl)c3)o2)c1.O=[N+]([O-])c1cccc(-c2nnc(-c3ccccc3)o2)c1. The van der Waals surface area contributed by atoms with Crippen molar-refractivity contribution in [2.45, 2.75) is 0 Å². The van der Waals surface area contributed by atoms with Crippen molar-refractivity contribution in [2.24, 2.45) is 5.84 Å². The van der Waals surface area contributed by atoms with Gasteiger partial charge in [-0.05, 0) is 161 Å². The van der Waals surface area contributed by atoms with Gasteiger partial charge in [0.25, 0.3) is 51.4 Å². The van der Waals surface area contributed by atoms with E-state index in [1.165, 1.54) is 84.9 Å². The molecule has 570 valence electrons. The number of hydrazine groups is 2. The van der Waals surface area contributed by atoms with E-state index in [0.29, 0.717) is 71.1 Å². The van der Waals surface area contributed by atoms with Crippen LogP contribution in [0.15, 0.2) is 262 Å². The van der Waals surface area contributed by atoms with E-state index in [0.717, 1.165) is 17.7 Å². The molecule has 0 atom stereocenters. The first-order chi connectivity index (χ1) is 53.3. The number of amides is 3. The van der Waals surface area contributed by atoms with Gasteiger partial charge in [-0.25, -0.2) is 5.84 Å². The van der Waals surface area contributed by atoms with Crippen LogP contribution < -0.4 is 22.1 Å². The smallest absolute Gasteiger partial charge is 0.339 e. The third-order valence-corrected chi connectivity index (χ3v) is 14.7. The monoisotopic (exact) mass is 1700 g/mol. The first-order valence-electron chi connectivity index (χ1n) is 30.7. The van der Waals surface area contributed by atoms with Gasteiger partial charge in [0.05, 0.1) is 24.6 Å². The number of hydrogen-bond acceptors (Lipinski definition) is 25. The molecule has 0 saturated heterocycles. The van der Waals surface area contributed by atoms with Gasteiger partial charge in [-0.3, -0.25) is 90.6 Å². The summed E-state index contributed by atoms with van der Waals surface area (Å²) in [5.41, 5.74) is 10.6. The normalized spacial score (nSPS) is 10.2. The minimum Gasteiger partial charge on any atom is -0.416 e. The summed E-state index contributed by atoms with van der Waals surface area (Å²) in [6.45, 7) is 0. The van der Waals surface area contributed by atoms with Gasteiger partial charge in [0.1, 0.15) is 0 Å². The Labute approximate surface area is 668 Å². The minimum atomic E-state index is -3.22. The molecular formula is C70H46Cl8N15O18P. The number of nitrogens with one attached hydrogen (secondary N) is 3. The van der Waals surface area contributed by atoms with Crippen molar-refractivity contribution in [1.82, 2.24) is 46.9 Å². The van der Waals surface area contributed by atoms with Crippen LogP contribution in [0.5, 0.6) is 0 Å². The summed E-state index contributed by atoms with van der Waals surface area (Å²) in [5, 5.41) is 74.8. The van der Waals surface area contributed by atoms with Gasteiger partial charge in [-0.2, -0.15) is 0 Å². The molecule has 0 saturated carbocycles. The molecule has 3 aromatic heterocycles. The van der Waals surface area contributed by atoms with Crippen LogP contribution in [-0.2, 0) is 4.57 Å². The number of carbonyl (C=O) groups excluding carboxylic acids is 4. The van der Waals surface area contributed by atoms with Crippen molar-refractivity contribution in [3.63, 3.8) is 0 Å². The van der Waals surface area contributed by atoms with Gasteiger partial charge < -0.3 is 13.3 Å². The molecular weight excluding hydrogens is 1650 g/mol. The van der Waals surface area contributed by atoms with Crippen LogP contribution in [-0.4, -0.2) is 78.2 Å². The van der Waals surface area contributed by atoms with E-state index in [2.05, 4.69) is 75.2 Å². The maximum atomic E-state index is 11.8. The summed E-state index contributed by atoms with van der Waals surface area (Å²) in [7, 11) is 0. The maximum absolute atomic E-state index is 11.8. The van der Waals surface area contributed by atoms with Crippen LogP contribution in [0.4, 0.5) is 28.4 Å². The standard InChI is InChI=1S/C14H10ClN3O4.2C14H8ClN3O3.C14H9N3O3.C7H7ClN2O.C7H4ClNO3.Cl3OP/c15-11-5-1-3-9(7-11)13(19)16-17-14(20)10-4-2-6-12(8-10)18(21)22;2*15-11-5-1-3-9(7-11)13-16-17-14(21-13)10-4-2-6-12(8-10)18(19)20;18-17(19)12-8-4-7-11(9-12)14-16-15-13(20-14)10-5-2-1-3-6-10;8-6-3-1-2-5(4-6)7(11)10-9;8-7(10)5-2-1-3-6(4-5)9(11)12;1-5(2,3)4/h1-8H,(H,16,19)(H,17,20);2*1-8H;1-9H;1-4H,9H2,(H,10,11);1-4H;. The zero-order valence-corrected chi connectivity index (χ0v) is 62.9. The highest BCUT2D eigenvalue weighted by Crippen LogP contribution is 2.61. The Balaban J connectivity index is 0.000000187. The fourth-order valence-corrected chi connectivity index (χ4v) is 9.43. The molecule has 42 heteroatoms. The molecule has 112 heavy (non-hydrogen) atoms. The molecule has 13 aromatic rings. The molecule has 0 aliphatic carbocycles. The number of nitro benzene ring substituents is 5. The molecule has 13 rings (SSSR count). The third-order valence-electron chi connectivity index (χ3n) is 13.5. The Kier molecular flexibility index (Phi) is 32.6. The number of aromatic nitrogens is 6. The highest BCUT2D eigenvalue weighted by Gasteiger charge is 2.19. The summed E-state index contributed by atoms with van der Waals surface area (Å²) in [5.74, 6) is 5.03. The second kappa shape index (κ2) is 42.2. The van der Waals surface area contributed by atoms with Crippen molar-refractivity contribution < 1.29 is 61.6 Å². The number of halogens is 8. The van der Waals surface area contributed by atoms with Gasteiger partial charge in [-0.1, -0.05) is 119 Å². The van der Waals surface area contributed by atoms with Gasteiger partial charge in [0.2, 0.25) is 35.3 Å². The molecule has 0 unspecified atom stereocenters. The van der Waals surface area contributed by atoms with Gasteiger partial charge in [-0.15, -0.1) is 30.6 Å². The summed E-state index contributed by atoms with van der Waals surface area (Å²) < 4.78 is 26.1. The number of nitrogens with zero attached hydrogens (tertiary/aromatic N) is 11. The number of nitro groups is 5. The van der Waals surface area contributed by atoms with Crippen molar-refractivity contribution in [2.75, 3.05) is 0 Å². The zero-order chi connectivity index (χ0) is 81.6. The van der Waals surface area contributed by atoms with Crippen LogP contribution >= 0.6 is 96.9 Å². The lowest BCUT2D eigenvalue weighted by Gasteiger charge is -2.07. The first-order valence-corrected chi connectivity index (χ1v) is 37.0. The Morgan fingerprint density at radius 1 is 0.321 bits per heavy atom. The van der Waals surface area contributed by atoms with Crippen LogP contribution in [0.25, 0.3) is 68.7 Å². The average Bonchev–Trinajstić information content (AvgIpc) is 1.69. The first kappa shape index (κ1) is 86.4. The predicted molar refractivity (Wildman–Crippen MR) is 417 cm³/mol. The van der Waals surface area contributed by atoms with Crippen molar-refractivity contribution in [3.05, 3.63) is 342 Å². The summed E-state index contributed by atoms with van der Waals surface area (Å²) >= 11 is 42.2. The summed E-state index contributed by atoms with van der Waals surface area (Å²) in [6, 6.07) is 64.6. The van der Waals surface area contributed by atoms with E-state index >= 15 is 0 Å². The van der Waals surface area contributed by atoms with Gasteiger partial charge in [0, 0.05) is 136 Å². The number of rotatable bonds is 15. The van der Waals surface area contributed by atoms with E-state index in [1.54, 1.807) is 121 Å². The van der Waals surface area contributed by atoms with E-state index in [9.17, 15) is 74.3 Å². The fraction of sp³-hybridized carbons (Fsp3) is 0. The van der Waals surface area contributed by atoms with Crippen LogP contribution in [0, 0.1) is 50.6 Å². The molecule has 33 nitrogen and oxygen atoms in total. The number of nitrogen functional groups attached to an aromatic ring is 1. The second-order valence-corrected chi connectivity index (χ2v) is 30.0. The van der Waals surface area contributed by atoms with Gasteiger partial charge >= 0.3 is 5.20 Å². The summed E-state index contributed by atoms with van der Waals surface area (Å²) in [4.78, 5) is 95.7. The largest absolute Gasteiger partial charge is 0.416 e. The lowest BCUT2D eigenvalue weighted by Crippen LogP contribution is -2.41. The molecule has 3 amide bonds. The second-order valence-electron chi connectivity index (χ2n) is 21.2. The van der Waals surface area contributed by atoms with Crippen molar-refractivity contribution >= 4 is 148 Å². The summed E-state index contributed by atoms with van der Waals surface area (Å²) in [6.07, 6.45) is 0. The maximum Gasteiger partial charge on any atom is 0.339 e. The number of hydrogen-bond donors (Lipinski definition) is 4. The van der Waals surface area contributed by atoms with Gasteiger partial charge in [0.15, 0.2) is 0 Å².